The zero-order valence-electron chi connectivity index (χ0n) is 21.1. The quantitative estimate of drug-likeness (QED) is 0.377. The molecule has 0 saturated heterocycles. The molecular weight excluding hydrogens is 524 g/mol. The van der Waals surface area contributed by atoms with E-state index in [1.165, 1.54) is 40.6 Å². The van der Waals surface area contributed by atoms with Crippen molar-refractivity contribution in [3.8, 4) is 17.2 Å². The molecule has 1 aromatic carbocycles. The third-order valence-corrected chi connectivity index (χ3v) is 8.29. The van der Waals surface area contributed by atoms with Gasteiger partial charge in [-0.05, 0) is 31.9 Å². The summed E-state index contributed by atoms with van der Waals surface area (Å²) in [7, 11) is 2.00. The first-order chi connectivity index (χ1) is 17.7. The number of nitrogens with zero attached hydrogens (tertiary/aromatic N) is 5. The lowest BCUT2D eigenvalue weighted by molar-refractivity contribution is 0.0232. The molecule has 1 N–H and O–H groups in total. The number of hydrogen-bond donors (Lipinski definition) is 1. The van der Waals surface area contributed by atoms with Crippen molar-refractivity contribution in [1.29, 1.82) is 0 Å². The van der Waals surface area contributed by atoms with Crippen LogP contribution in [0.15, 0.2) is 30.6 Å². The van der Waals surface area contributed by atoms with Crippen LogP contribution in [0, 0.1) is 0 Å². The number of benzene rings is 1. The summed E-state index contributed by atoms with van der Waals surface area (Å²) in [6.45, 7) is 1.49. The average Bonchev–Trinajstić information content (AvgIpc) is 3.25. The minimum absolute atomic E-state index is 0.00284. The Bertz CT molecular complexity index is 1310. The van der Waals surface area contributed by atoms with Gasteiger partial charge >= 0.3 is 0 Å². The second-order valence-corrected chi connectivity index (χ2v) is 11.0. The van der Waals surface area contributed by atoms with E-state index in [0.717, 1.165) is 12.8 Å². The highest BCUT2D eigenvalue weighted by Crippen LogP contribution is 2.43. The van der Waals surface area contributed by atoms with E-state index in [1.54, 1.807) is 29.9 Å². The minimum atomic E-state index is -4.09. The monoisotopic (exact) mass is 552 g/mol. The van der Waals surface area contributed by atoms with Crippen molar-refractivity contribution >= 4 is 27.6 Å². The first-order valence-corrected chi connectivity index (χ1v) is 13.4. The summed E-state index contributed by atoms with van der Waals surface area (Å²) < 4.78 is 53.4. The van der Waals surface area contributed by atoms with E-state index in [1.807, 2.05) is 0 Å². The number of hydrogen-bond acceptors (Lipinski definition) is 10. The van der Waals surface area contributed by atoms with Gasteiger partial charge in [0.15, 0.2) is 5.82 Å². The molecule has 0 unspecified atom stereocenters. The zero-order valence-corrected chi connectivity index (χ0v) is 22.7. The number of sulfonamides is 1. The van der Waals surface area contributed by atoms with Crippen LogP contribution in [0.2, 0.25) is 5.02 Å². The summed E-state index contributed by atoms with van der Waals surface area (Å²) in [4.78, 5) is 8.25. The molecule has 2 heterocycles. The first-order valence-electron chi connectivity index (χ1n) is 11.4. The topological polar surface area (TPSA) is 140 Å². The van der Waals surface area contributed by atoms with Crippen LogP contribution in [0.4, 0.5) is 5.95 Å². The molecule has 0 spiro atoms. The Morgan fingerprint density at radius 1 is 1.05 bits per heavy atom. The van der Waals surface area contributed by atoms with Gasteiger partial charge < -0.3 is 18.9 Å². The maximum absolute atomic E-state index is 13.6. The Morgan fingerprint density at radius 3 is 2.22 bits per heavy atom. The molecule has 37 heavy (non-hydrogen) atoms. The van der Waals surface area contributed by atoms with Gasteiger partial charge in [-0.1, -0.05) is 17.7 Å². The maximum atomic E-state index is 13.6. The number of methoxy groups -OCH3 is 4. The van der Waals surface area contributed by atoms with Crippen LogP contribution < -0.4 is 14.2 Å². The summed E-state index contributed by atoms with van der Waals surface area (Å²) in [6, 6.07) is 5.27. The van der Waals surface area contributed by atoms with Crippen LogP contribution in [-0.2, 0) is 19.5 Å². The van der Waals surface area contributed by atoms with Crippen molar-refractivity contribution in [2.24, 2.45) is 0 Å². The molecule has 14 heteroatoms. The Hall–Kier alpha value is -3.00. The summed E-state index contributed by atoms with van der Waals surface area (Å²) in [5, 5.41) is 7.80. The number of nitrogens with one attached hydrogen (secondary N) is 1. The Labute approximate surface area is 220 Å². The predicted molar refractivity (Wildman–Crippen MR) is 136 cm³/mol. The van der Waals surface area contributed by atoms with E-state index < -0.39 is 21.4 Å². The SMILES string of the molecule is COc1cccc(OC)c1-n1c(NS(=O)(=O)[C@@H](C)[C@H](OC)c2ncc(Cl)cn2)nnc1C1CC(OC)C1. The molecule has 2 aromatic heterocycles. The van der Waals surface area contributed by atoms with Crippen LogP contribution >= 0.6 is 11.6 Å². The lowest BCUT2D eigenvalue weighted by Gasteiger charge is -2.33. The molecule has 0 bridgehead atoms. The van der Waals surface area contributed by atoms with Crippen LogP contribution in [0.25, 0.3) is 5.69 Å². The van der Waals surface area contributed by atoms with Gasteiger partial charge in [0.2, 0.25) is 16.0 Å². The van der Waals surface area contributed by atoms with E-state index in [2.05, 4.69) is 24.9 Å². The van der Waals surface area contributed by atoms with Crippen molar-refractivity contribution in [1.82, 2.24) is 24.7 Å². The molecule has 200 valence electrons. The summed E-state index contributed by atoms with van der Waals surface area (Å²) in [5.74, 6) is 1.64. The number of anilines is 1. The van der Waals surface area contributed by atoms with E-state index in [0.29, 0.717) is 28.0 Å². The number of ether oxygens (including phenoxy) is 4. The highest BCUT2D eigenvalue weighted by atomic mass is 35.5. The van der Waals surface area contributed by atoms with Crippen LogP contribution in [0.5, 0.6) is 11.5 Å². The predicted octanol–water partition coefficient (Wildman–Crippen LogP) is 3.14. The van der Waals surface area contributed by atoms with Crippen LogP contribution in [0.1, 0.15) is 43.4 Å². The summed E-state index contributed by atoms with van der Waals surface area (Å²) in [5.41, 5.74) is 0.475. The molecule has 0 aliphatic heterocycles. The average molecular weight is 553 g/mol. The van der Waals surface area contributed by atoms with Gasteiger partial charge in [0.1, 0.15) is 34.4 Å². The van der Waals surface area contributed by atoms with Gasteiger partial charge in [-0.15, -0.1) is 10.2 Å². The molecule has 0 radical (unpaired) electrons. The molecule has 1 aliphatic carbocycles. The maximum Gasteiger partial charge on any atom is 0.243 e. The van der Waals surface area contributed by atoms with E-state index in [9.17, 15) is 8.42 Å². The molecule has 1 saturated carbocycles. The molecule has 12 nitrogen and oxygen atoms in total. The lowest BCUT2D eigenvalue weighted by atomic mass is 9.81. The third-order valence-electron chi connectivity index (χ3n) is 6.40. The Kier molecular flexibility index (Phi) is 8.17. The molecular formula is C23H29ClN6O6S. The zero-order chi connectivity index (χ0) is 26.7. The van der Waals surface area contributed by atoms with Gasteiger partial charge in [0.25, 0.3) is 0 Å². The van der Waals surface area contributed by atoms with E-state index in [4.69, 9.17) is 30.5 Å². The first kappa shape index (κ1) is 27.0. The number of rotatable bonds is 11. The van der Waals surface area contributed by atoms with Crippen molar-refractivity contribution in [2.75, 3.05) is 33.2 Å². The molecule has 1 fully saturated rings. The number of halogens is 1. The fraction of sp³-hybridized carbons (Fsp3) is 0.478. The highest BCUT2D eigenvalue weighted by molar-refractivity contribution is 7.93. The van der Waals surface area contributed by atoms with Crippen LogP contribution in [-0.4, -0.2) is 72.9 Å². The van der Waals surface area contributed by atoms with Crippen molar-refractivity contribution < 1.29 is 27.4 Å². The minimum Gasteiger partial charge on any atom is -0.494 e. The van der Waals surface area contributed by atoms with E-state index >= 15 is 0 Å². The van der Waals surface area contributed by atoms with Gasteiger partial charge in [-0.3, -0.25) is 9.29 Å². The van der Waals surface area contributed by atoms with Crippen molar-refractivity contribution in [3.63, 3.8) is 0 Å². The van der Waals surface area contributed by atoms with E-state index in [-0.39, 0.29) is 23.8 Å². The van der Waals surface area contributed by atoms with Gasteiger partial charge in [-0.25, -0.2) is 18.4 Å². The van der Waals surface area contributed by atoms with Crippen molar-refractivity contribution in [2.45, 2.75) is 43.1 Å². The fourth-order valence-corrected chi connectivity index (χ4v) is 5.46. The normalized spacial score (nSPS) is 19.1. The number of aromatic nitrogens is 5. The lowest BCUT2D eigenvalue weighted by Crippen LogP contribution is -2.34. The second-order valence-electron chi connectivity index (χ2n) is 8.52. The Balaban J connectivity index is 1.76. The second kappa shape index (κ2) is 11.2. The molecule has 0 amide bonds. The Morgan fingerprint density at radius 2 is 1.68 bits per heavy atom. The molecule has 1 aliphatic rings. The summed E-state index contributed by atoms with van der Waals surface area (Å²) >= 11 is 5.88. The molecule has 4 rings (SSSR count). The van der Waals surface area contributed by atoms with Gasteiger partial charge in [0, 0.05) is 32.5 Å². The fourth-order valence-electron chi connectivity index (χ4n) is 4.23. The van der Waals surface area contributed by atoms with Gasteiger partial charge in [-0.2, -0.15) is 0 Å². The third kappa shape index (κ3) is 5.35. The van der Waals surface area contributed by atoms with Crippen molar-refractivity contribution in [3.05, 3.63) is 47.3 Å². The number of para-hydroxylation sites is 1. The highest BCUT2D eigenvalue weighted by Gasteiger charge is 2.38. The molecule has 3 aromatic rings. The summed E-state index contributed by atoms with van der Waals surface area (Å²) in [6.07, 6.45) is 3.32. The smallest absolute Gasteiger partial charge is 0.243 e. The largest absolute Gasteiger partial charge is 0.494 e. The standard InChI is InChI=1S/C23H29ClN6O6S/c1-13(20(36-5)21-25-11-15(24)12-26-21)37(31,32)29-23-28-27-22(14-9-16(10-14)33-2)30(23)19-17(34-3)7-6-8-18(19)35-4/h6-8,11-14,16,20H,9-10H2,1-5H3,(H,28,29)/t13-,14?,16?,20-/m0/s1. The van der Waals surface area contributed by atoms with Crippen LogP contribution in [0.3, 0.4) is 0 Å². The molecule has 2 atom stereocenters. The van der Waals surface area contributed by atoms with Gasteiger partial charge in [0.05, 0.1) is 25.3 Å².